The summed E-state index contributed by atoms with van der Waals surface area (Å²) in [5.74, 6) is 0.126. The zero-order chi connectivity index (χ0) is 15.8. The molecular weight excluding hydrogens is 294 g/mol. The van der Waals surface area contributed by atoms with Crippen LogP contribution in [0.4, 0.5) is 0 Å². The smallest absolute Gasteiger partial charge is 0.290 e. The molecule has 0 aliphatic carbocycles. The van der Waals surface area contributed by atoms with Crippen LogP contribution in [0.25, 0.3) is 0 Å². The molecule has 118 valence electrons. The molecule has 1 aromatic rings. The molecule has 1 saturated heterocycles. The van der Waals surface area contributed by atoms with Gasteiger partial charge < -0.3 is 9.84 Å². The Morgan fingerprint density at radius 2 is 2.14 bits per heavy atom. The first-order valence-corrected chi connectivity index (χ1v) is 8.72. The van der Waals surface area contributed by atoms with Crippen LogP contribution in [0.3, 0.4) is 0 Å². The van der Waals surface area contributed by atoms with Gasteiger partial charge in [-0.3, -0.25) is 4.79 Å². The fourth-order valence-electron chi connectivity index (χ4n) is 2.60. The van der Waals surface area contributed by atoms with Crippen molar-refractivity contribution in [2.45, 2.75) is 26.8 Å². The van der Waals surface area contributed by atoms with Crippen molar-refractivity contribution >= 4 is 15.9 Å². The van der Waals surface area contributed by atoms with Crippen molar-refractivity contribution in [2.75, 3.05) is 19.3 Å². The largest absolute Gasteiger partial charge is 0.351 e. The zero-order valence-electron chi connectivity index (χ0n) is 12.7. The zero-order valence-corrected chi connectivity index (χ0v) is 13.5. The number of rotatable bonds is 4. The Hall–Kier alpha value is -1.41. The van der Waals surface area contributed by atoms with Crippen molar-refractivity contribution in [3.05, 3.63) is 17.5 Å². The summed E-state index contributed by atoms with van der Waals surface area (Å²) in [6.45, 7) is 6.50. The molecule has 0 unspecified atom stereocenters. The topological polar surface area (TPSA) is 92.5 Å². The summed E-state index contributed by atoms with van der Waals surface area (Å²) in [7, 11) is -3.25. The van der Waals surface area contributed by atoms with Crippen molar-refractivity contribution in [1.82, 2.24) is 14.8 Å². The summed E-state index contributed by atoms with van der Waals surface area (Å²) in [5, 5.41) is 6.54. The highest BCUT2D eigenvalue weighted by molar-refractivity contribution is 7.88. The molecule has 7 nitrogen and oxygen atoms in total. The Bertz CT molecular complexity index is 623. The molecule has 1 aromatic heterocycles. The molecule has 1 aliphatic heterocycles. The van der Waals surface area contributed by atoms with Crippen LogP contribution >= 0.6 is 0 Å². The highest BCUT2D eigenvalue weighted by Crippen LogP contribution is 2.26. The summed E-state index contributed by atoms with van der Waals surface area (Å²) in [5.41, 5.74) is 0.629. The van der Waals surface area contributed by atoms with Gasteiger partial charge in [-0.2, -0.15) is 4.31 Å². The molecule has 0 spiro atoms. The molecule has 1 N–H and O–H groups in total. The van der Waals surface area contributed by atoms with Crippen LogP contribution in [0.15, 0.2) is 10.6 Å². The van der Waals surface area contributed by atoms with Crippen LogP contribution in [-0.4, -0.2) is 49.2 Å². The summed E-state index contributed by atoms with van der Waals surface area (Å²) >= 11 is 0. The van der Waals surface area contributed by atoms with E-state index in [0.29, 0.717) is 18.8 Å². The number of aromatic nitrogens is 1. The van der Waals surface area contributed by atoms with Gasteiger partial charge in [0, 0.05) is 25.2 Å². The summed E-state index contributed by atoms with van der Waals surface area (Å²) < 4.78 is 29.7. The molecule has 2 rings (SSSR count). The minimum absolute atomic E-state index is 0.0766. The molecule has 0 saturated carbocycles. The van der Waals surface area contributed by atoms with Gasteiger partial charge in [-0.25, -0.2) is 8.42 Å². The average Bonchev–Trinajstić information content (AvgIpc) is 2.94. The van der Waals surface area contributed by atoms with Crippen LogP contribution in [0.1, 0.15) is 30.1 Å². The third-order valence-corrected chi connectivity index (χ3v) is 5.06. The minimum atomic E-state index is -3.25. The van der Waals surface area contributed by atoms with Gasteiger partial charge in [0.15, 0.2) is 0 Å². The van der Waals surface area contributed by atoms with Crippen molar-refractivity contribution in [2.24, 2.45) is 11.8 Å². The number of hydrogen-bond donors (Lipinski definition) is 1. The second kappa shape index (κ2) is 5.76. The van der Waals surface area contributed by atoms with E-state index in [0.717, 1.165) is 0 Å². The second-order valence-electron chi connectivity index (χ2n) is 5.90. The normalized spacial score (nSPS) is 23.7. The fourth-order valence-corrected chi connectivity index (χ4v) is 3.48. The van der Waals surface area contributed by atoms with Gasteiger partial charge in [0.05, 0.1) is 11.9 Å². The Labute approximate surface area is 124 Å². The van der Waals surface area contributed by atoms with E-state index in [2.05, 4.69) is 10.5 Å². The molecule has 1 amide bonds. The lowest BCUT2D eigenvalue weighted by Gasteiger charge is -2.22. The van der Waals surface area contributed by atoms with Crippen molar-refractivity contribution < 1.29 is 17.7 Å². The van der Waals surface area contributed by atoms with Crippen molar-refractivity contribution in [3.8, 4) is 0 Å². The number of hydrogen-bond acceptors (Lipinski definition) is 5. The van der Waals surface area contributed by atoms with Gasteiger partial charge in [-0.15, -0.1) is 0 Å². The summed E-state index contributed by atoms with van der Waals surface area (Å²) in [6, 6.07) is 1.33. The number of aryl methyl sites for hydroxylation is 1. The molecule has 21 heavy (non-hydrogen) atoms. The van der Waals surface area contributed by atoms with Crippen molar-refractivity contribution in [1.29, 1.82) is 0 Å². The number of sulfonamides is 1. The number of carbonyl (C=O) groups excluding carboxylic acids is 1. The van der Waals surface area contributed by atoms with Crippen LogP contribution in [-0.2, 0) is 10.0 Å². The highest BCUT2D eigenvalue weighted by Gasteiger charge is 2.39. The van der Waals surface area contributed by atoms with Crippen LogP contribution < -0.4 is 5.32 Å². The highest BCUT2D eigenvalue weighted by atomic mass is 32.2. The van der Waals surface area contributed by atoms with E-state index < -0.39 is 10.0 Å². The predicted molar refractivity (Wildman–Crippen MR) is 77.2 cm³/mol. The van der Waals surface area contributed by atoms with Crippen LogP contribution in [0, 0.1) is 18.8 Å². The number of amides is 1. The van der Waals surface area contributed by atoms with Gasteiger partial charge in [0.2, 0.25) is 15.8 Å². The van der Waals surface area contributed by atoms with Gasteiger partial charge >= 0.3 is 0 Å². The first-order valence-electron chi connectivity index (χ1n) is 6.87. The SMILES string of the molecule is Cc1cc(C(=O)N[C@@H]2CN(S(C)(=O)=O)C[C@H]2C(C)C)on1. The average molecular weight is 315 g/mol. The number of carbonyl (C=O) groups is 1. The molecule has 2 heterocycles. The lowest BCUT2D eigenvalue weighted by Crippen LogP contribution is -2.42. The second-order valence-corrected chi connectivity index (χ2v) is 7.88. The first-order chi connectivity index (χ1) is 9.68. The van der Waals surface area contributed by atoms with E-state index >= 15 is 0 Å². The lowest BCUT2D eigenvalue weighted by molar-refractivity contribution is 0.0888. The molecule has 0 radical (unpaired) electrons. The first kappa shape index (κ1) is 16.0. The van der Waals surface area contributed by atoms with Crippen LogP contribution in [0.2, 0.25) is 0 Å². The van der Waals surface area contributed by atoms with Gasteiger partial charge in [-0.1, -0.05) is 19.0 Å². The Kier molecular flexibility index (Phi) is 4.38. The summed E-state index contributed by atoms with van der Waals surface area (Å²) in [6.07, 6.45) is 1.19. The molecule has 1 fully saturated rings. The van der Waals surface area contributed by atoms with Gasteiger partial charge in [0.25, 0.3) is 5.91 Å². The van der Waals surface area contributed by atoms with Crippen LogP contribution in [0.5, 0.6) is 0 Å². The Balaban J connectivity index is 2.12. The lowest BCUT2D eigenvalue weighted by atomic mass is 9.91. The van der Waals surface area contributed by atoms with E-state index in [1.54, 1.807) is 13.0 Å². The maximum atomic E-state index is 12.1. The molecule has 2 atom stereocenters. The van der Waals surface area contributed by atoms with E-state index in [1.165, 1.54) is 10.6 Å². The standard InChI is InChI=1S/C13H21N3O4S/c1-8(2)10-6-16(21(4,18)19)7-11(10)14-13(17)12-5-9(3)15-20-12/h5,8,10-11H,6-7H2,1-4H3,(H,14,17)/t10-,11+/m0/s1. The molecule has 0 bridgehead atoms. The van der Waals surface area contributed by atoms with Gasteiger partial charge in [-0.05, 0) is 18.8 Å². The molecule has 8 heteroatoms. The van der Waals surface area contributed by atoms with E-state index in [-0.39, 0.29) is 29.5 Å². The fraction of sp³-hybridized carbons (Fsp3) is 0.692. The molecular formula is C13H21N3O4S. The Morgan fingerprint density at radius 1 is 1.48 bits per heavy atom. The monoisotopic (exact) mass is 315 g/mol. The van der Waals surface area contributed by atoms with E-state index in [9.17, 15) is 13.2 Å². The molecule has 0 aromatic carbocycles. The third-order valence-electron chi connectivity index (χ3n) is 3.83. The quantitative estimate of drug-likeness (QED) is 0.879. The number of nitrogens with one attached hydrogen (secondary N) is 1. The van der Waals surface area contributed by atoms with Gasteiger partial charge in [0.1, 0.15) is 0 Å². The molecule has 1 aliphatic rings. The maximum absolute atomic E-state index is 12.1. The summed E-state index contributed by atoms with van der Waals surface area (Å²) in [4.78, 5) is 12.1. The van der Waals surface area contributed by atoms with E-state index in [1.807, 2.05) is 13.8 Å². The minimum Gasteiger partial charge on any atom is -0.351 e. The number of nitrogens with zero attached hydrogens (tertiary/aromatic N) is 2. The van der Waals surface area contributed by atoms with Crippen molar-refractivity contribution in [3.63, 3.8) is 0 Å². The third kappa shape index (κ3) is 3.62. The Morgan fingerprint density at radius 3 is 2.62 bits per heavy atom. The maximum Gasteiger partial charge on any atom is 0.290 e. The van der Waals surface area contributed by atoms with E-state index in [4.69, 9.17) is 4.52 Å². The predicted octanol–water partition coefficient (Wildman–Crippen LogP) is 0.629.